The van der Waals surface area contributed by atoms with E-state index in [9.17, 15) is 4.79 Å². The maximum absolute atomic E-state index is 11.1. The van der Waals surface area contributed by atoms with Crippen LogP contribution in [-0.2, 0) is 4.79 Å². The van der Waals surface area contributed by atoms with Crippen LogP contribution in [0.15, 0.2) is 24.3 Å². The van der Waals surface area contributed by atoms with E-state index in [1.807, 2.05) is 30.0 Å². The molecule has 0 aliphatic carbocycles. The first kappa shape index (κ1) is 16.3. The standard InChI is InChI=1S/C16H25N3OS/c1-13(17-6-7-19-8-10-21-11-9-19)15-4-3-5-16(12-15)18-14(2)20/h3-5,12-13,17H,6-11H2,1-2H3,(H,18,20). The van der Waals surface area contributed by atoms with Gasteiger partial charge in [-0.2, -0.15) is 11.8 Å². The summed E-state index contributed by atoms with van der Waals surface area (Å²) in [5.41, 5.74) is 2.07. The van der Waals surface area contributed by atoms with Crippen LogP contribution in [0.5, 0.6) is 0 Å². The number of rotatable bonds is 6. The first-order chi connectivity index (χ1) is 10.1. The lowest BCUT2D eigenvalue weighted by atomic mass is 10.1. The molecule has 1 aromatic carbocycles. The highest BCUT2D eigenvalue weighted by Crippen LogP contribution is 2.17. The van der Waals surface area contributed by atoms with Crippen molar-refractivity contribution < 1.29 is 4.79 Å². The van der Waals surface area contributed by atoms with Crippen LogP contribution in [0.3, 0.4) is 0 Å². The summed E-state index contributed by atoms with van der Waals surface area (Å²) in [5, 5.41) is 6.40. The van der Waals surface area contributed by atoms with Gasteiger partial charge in [-0.3, -0.25) is 4.79 Å². The number of hydrogen-bond acceptors (Lipinski definition) is 4. The van der Waals surface area contributed by atoms with Crippen LogP contribution in [0.1, 0.15) is 25.5 Å². The largest absolute Gasteiger partial charge is 0.326 e. The van der Waals surface area contributed by atoms with Crippen molar-refractivity contribution in [3.63, 3.8) is 0 Å². The monoisotopic (exact) mass is 307 g/mol. The van der Waals surface area contributed by atoms with Crippen LogP contribution in [0.25, 0.3) is 0 Å². The minimum Gasteiger partial charge on any atom is -0.326 e. The molecule has 2 rings (SSSR count). The number of nitrogens with zero attached hydrogens (tertiary/aromatic N) is 1. The van der Waals surface area contributed by atoms with Crippen molar-refractivity contribution in [3.8, 4) is 0 Å². The van der Waals surface area contributed by atoms with Crippen LogP contribution in [-0.4, -0.2) is 48.5 Å². The van der Waals surface area contributed by atoms with E-state index in [0.29, 0.717) is 0 Å². The van der Waals surface area contributed by atoms with Crippen molar-refractivity contribution in [2.24, 2.45) is 0 Å². The molecule has 21 heavy (non-hydrogen) atoms. The summed E-state index contributed by atoms with van der Waals surface area (Å²) in [7, 11) is 0. The Morgan fingerprint density at radius 3 is 2.86 bits per heavy atom. The molecule has 116 valence electrons. The van der Waals surface area contributed by atoms with E-state index in [1.165, 1.54) is 37.1 Å². The summed E-state index contributed by atoms with van der Waals surface area (Å²) in [6, 6.07) is 8.33. The first-order valence-corrected chi connectivity index (χ1v) is 8.71. The van der Waals surface area contributed by atoms with Crippen LogP contribution >= 0.6 is 11.8 Å². The van der Waals surface area contributed by atoms with E-state index < -0.39 is 0 Å². The molecule has 0 radical (unpaired) electrons. The summed E-state index contributed by atoms with van der Waals surface area (Å²) < 4.78 is 0. The zero-order chi connectivity index (χ0) is 15.1. The highest BCUT2D eigenvalue weighted by molar-refractivity contribution is 7.99. The van der Waals surface area contributed by atoms with Gasteiger partial charge in [0.05, 0.1) is 0 Å². The third-order valence-corrected chi connectivity index (χ3v) is 4.63. The van der Waals surface area contributed by atoms with Crippen LogP contribution in [0.2, 0.25) is 0 Å². The molecule has 0 spiro atoms. The van der Waals surface area contributed by atoms with Crippen LogP contribution in [0, 0.1) is 0 Å². The number of hydrogen-bond donors (Lipinski definition) is 2. The summed E-state index contributed by atoms with van der Waals surface area (Å²) in [4.78, 5) is 13.6. The molecule has 0 aromatic heterocycles. The Bertz CT molecular complexity index is 461. The van der Waals surface area contributed by atoms with Gasteiger partial charge < -0.3 is 15.5 Å². The quantitative estimate of drug-likeness (QED) is 0.847. The number of carbonyl (C=O) groups is 1. The van der Waals surface area contributed by atoms with Gasteiger partial charge in [0.1, 0.15) is 0 Å². The van der Waals surface area contributed by atoms with Gasteiger partial charge in [-0.25, -0.2) is 0 Å². The highest BCUT2D eigenvalue weighted by Gasteiger charge is 2.11. The molecule has 1 amide bonds. The summed E-state index contributed by atoms with van der Waals surface area (Å²) in [5.74, 6) is 2.48. The third-order valence-electron chi connectivity index (χ3n) is 3.69. The minimum absolute atomic E-state index is 0.0317. The Morgan fingerprint density at radius 2 is 2.14 bits per heavy atom. The molecule has 4 nitrogen and oxygen atoms in total. The average molecular weight is 307 g/mol. The molecule has 0 bridgehead atoms. The smallest absolute Gasteiger partial charge is 0.221 e. The maximum Gasteiger partial charge on any atom is 0.221 e. The molecule has 2 N–H and O–H groups in total. The lowest BCUT2D eigenvalue weighted by molar-refractivity contribution is -0.114. The number of anilines is 1. The Hall–Kier alpha value is -1.04. The lowest BCUT2D eigenvalue weighted by Gasteiger charge is -2.27. The fourth-order valence-corrected chi connectivity index (χ4v) is 3.45. The summed E-state index contributed by atoms with van der Waals surface area (Å²) >= 11 is 2.05. The van der Waals surface area contributed by atoms with E-state index in [4.69, 9.17) is 0 Å². The zero-order valence-electron chi connectivity index (χ0n) is 12.9. The molecular formula is C16H25N3OS. The lowest BCUT2D eigenvalue weighted by Crippen LogP contribution is -2.38. The van der Waals surface area contributed by atoms with Gasteiger partial charge in [0, 0.05) is 56.3 Å². The molecule has 1 aromatic rings. The summed E-state index contributed by atoms with van der Waals surface area (Å²) in [6.07, 6.45) is 0. The van der Waals surface area contributed by atoms with E-state index >= 15 is 0 Å². The number of amides is 1. The van der Waals surface area contributed by atoms with E-state index in [2.05, 4.69) is 28.5 Å². The second kappa shape index (κ2) is 8.41. The molecule has 1 fully saturated rings. The number of benzene rings is 1. The van der Waals surface area contributed by atoms with Crippen LogP contribution in [0.4, 0.5) is 5.69 Å². The molecule has 1 atom stereocenters. The van der Waals surface area contributed by atoms with Crippen molar-refractivity contribution in [3.05, 3.63) is 29.8 Å². The summed E-state index contributed by atoms with van der Waals surface area (Å²) in [6.45, 7) is 8.22. The van der Waals surface area contributed by atoms with Gasteiger partial charge in [-0.05, 0) is 24.6 Å². The first-order valence-electron chi connectivity index (χ1n) is 7.56. The molecule has 5 heteroatoms. The second-order valence-electron chi connectivity index (χ2n) is 5.44. The van der Waals surface area contributed by atoms with E-state index in [0.717, 1.165) is 18.8 Å². The van der Waals surface area contributed by atoms with Crippen molar-refractivity contribution in [2.75, 3.05) is 43.0 Å². The fraction of sp³-hybridized carbons (Fsp3) is 0.562. The molecular weight excluding hydrogens is 282 g/mol. The number of nitrogens with one attached hydrogen (secondary N) is 2. The van der Waals surface area contributed by atoms with Gasteiger partial charge in [0.25, 0.3) is 0 Å². The Kier molecular flexibility index (Phi) is 6.54. The predicted octanol–water partition coefficient (Wildman–Crippen LogP) is 2.34. The van der Waals surface area contributed by atoms with Crippen molar-refractivity contribution in [1.29, 1.82) is 0 Å². The normalized spacial score (nSPS) is 17.4. The maximum atomic E-state index is 11.1. The molecule has 1 aliphatic heterocycles. The van der Waals surface area contributed by atoms with E-state index in [-0.39, 0.29) is 11.9 Å². The number of carbonyl (C=O) groups excluding carboxylic acids is 1. The van der Waals surface area contributed by atoms with Crippen molar-refractivity contribution >= 4 is 23.4 Å². The average Bonchev–Trinajstić information content (AvgIpc) is 2.48. The van der Waals surface area contributed by atoms with Gasteiger partial charge in [0.2, 0.25) is 5.91 Å². The van der Waals surface area contributed by atoms with Crippen LogP contribution < -0.4 is 10.6 Å². The van der Waals surface area contributed by atoms with Gasteiger partial charge >= 0.3 is 0 Å². The third kappa shape index (κ3) is 5.69. The Labute approximate surface area is 131 Å². The zero-order valence-corrected chi connectivity index (χ0v) is 13.7. The fourth-order valence-electron chi connectivity index (χ4n) is 2.47. The predicted molar refractivity (Wildman–Crippen MR) is 90.9 cm³/mol. The number of thioether (sulfide) groups is 1. The molecule has 1 unspecified atom stereocenters. The second-order valence-corrected chi connectivity index (χ2v) is 6.66. The molecule has 0 saturated carbocycles. The van der Waals surface area contributed by atoms with Crippen molar-refractivity contribution in [2.45, 2.75) is 19.9 Å². The van der Waals surface area contributed by atoms with Crippen molar-refractivity contribution in [1.82, 2.24) is 10.2 Å². The molecule has 1 aliphatic rings. The van der Waals surface area contributed by atoms with Gasteiger partial charge in [-0.15, -0.1) is 0 Å². The SMILES string of the molecule is CC(=O)Nc1cccc(C(C)NCCN2CCSCC2)c1. The highest BCUT2D eigenvalue weighted by atomic mass is 32.2. The van der Waals surface area contributed by atoms with Gasteiger partial charge in [0.15, 0.2) is 0 Å². The van der Waals surface area contributed by atoms with E-state index in [1.54, 1.807) is 0 Å². The Balaban J connectivity index is 1.79. The topological polar surface area (TPSA) is 44.4 Å². The Morgan fingerprint density at radius 1 is 1.38 bits per heavy atom. The van der Waals surface area contributed by atoms with Gasteiger partial charge in [-0.1, -0.05) is 12.1 Å². The molecule has 1 saturated heterocycles. The molecule has 1 heterocycles. The minimum atomic E-state index is -0.0317.